The number of rotatable bonds is 18. The van der Waals surface area contributed by atoms with Crippen LogP contribution in [0.5, 0.6) is 28.7 Å². The zero-order valence-electron chi connectivity index (χ0n) is 32.5. The average Bonchev–Trinajstić information content (AvgIpc) is 3.60. The number of hydrogen-bond acceptors (Lipinski definition) is 9. The lowest BCUT2D eigenvalue weighted by atomic mass is 9.95. The highest BCUT2D eigenvalue weighted by Crippen LogP contribution is 2.41. The number of aliphatic imine (C=N–C) groups is 1. The smallest absolute Gasteiger partial charge is 0.260 e. The summed E-state index contributed by atoms with van der Waals surface area (Å²) in [5.41, 5.74) is 3.89. The Balaban J connectivity index is 1.20. The van der Waals surface area contributed by atoms with Crippen LogP contribution in [-0.2, 0) is 0 Å². The van der Waals surface area contributed by atoms with E-state index >= 15 is 0 Å². The molecule has 0 N–H and O–H groups in total. The number of fused-ring (bicyclic) bond motifs is 2. The number of amides is 2. The first-order valence-electron chi connectivity index (χ1n) is 18.2. The predicted octanol–water partition coefficient (Wildman–Crippen LogP) is 8.32. The fourth-order valence-electron chi connectivity index (χ4n) is 6.46. The van der Waals surface area contributed by atoms with E-state index in [2.05, 4.69) is 27.0 Å². The molecule has 0 bridgehead atoms. The first-order chi connectivity index (χ1) is 26.0. The van der Waals surface area contributed by atoms with Gasteiger partial charge >= 0.3 is 0 Å². The van der Waals surface area contributed by atoms with Crippen molar-refractivity contribution in [3.05, 3.63) is 96.9 Å². The summed E-state index contributed by atoms with van der Waals surface area (Å²) in [5, 5.41) is 0. The Kier molecular flexibility index (Phi) is 12.7. The number of carbonyl (C=O) groups is 2. The minimum Gasteiger partial charge on any atom is -0.497 e. The Labute approximate surface area is 319 Å². The van der Waals surface area contributed by atoms with Gasteiger partial charge in [-0.25, -0.2) is 0 Å². The number of anilines is 1. The van der Waals surface area contributed by atoms with Gasteiger partial charge in [-0.3, -0.25) is 14.6 Å². The fraction of sp³-hybridized carbons (Fsp3) is 0.372. The lowest BCUT2D eigenvalue weighted by Gasteiger charge is -2.39. The maximum absolute atomic E-state index is 13.7. The minimum absolute atomic E-state index is 0.137. The summed E-state index contributed by atoms with van der Waals surface area (Å²) >= 11 is 0. The molecule has 3 aromatic rings. The Bertz CT molecular complexity index is 1920. The maximum atomic E-state index is 13.7. The van der Waals surface area contributed by atoms with E-state index in [4.69, 9.17) is 28.7 Å². The van der Waals surface area contributed by atoms with Crippen LogP contribution in [0.1, 0.15) is 72.2 Å². The van der Waals surface area contributed by atoms with Crippen LogP contribution in [-0.4, -0.2) is 88.0 Å². The molecule has 0 saturated carbocycles. The standard InChI is InChI=1S/C43H52N4O7/c1-10-43(4,11-2)46(6)36-26-40(38(52-9)24-34(36)41(48)45(5)12-3)54-21-15-13-14-20-53-39-25-35-33(23-37(39)51-8)42(49)47-28-30(22-31(47)27-44-35)29-16-18-32(50-7)19-17-29/h10,12,16-19,23-28,31H,1,3,11,13-15,20-22H2,2,4-9H3/t31-,43?/m0/s1. The molecule has 2 aliphatic heterocycles. The van der Waals surface area contributed by atoms with E-state index in [0.29, 0.717) is 65.1 Å². The first-order valence-corrected chi connectivity index (χ1v) is 18.2. The zero-order valence-corrected chi connectivity index (χ0v) is 32.5. The molecule has 0 saturated heterocycles. The van der Waals surface area contributed by atoms with Gasteiger partial charge in [0.25, 0.3) is 11.8 Å². The van der Waals surface area contributed by atoms with Gasteiger partial charge in [-0.05, 0) is 74.2 Å². The number of carbonyl (C=O) groups excluding carboxylic acids is 2. The largest absolute Gasteiger partial charge is 0.497 e. The van der Waals surface area contributed by atoms with Crippen LogP contribution in [0, 0.1) is 0 Å². The molecule has 2 atom stereocenters. The molecule has 0 radical (unpaired) electrons. The van der Waals surface area contributed by atoms with Crippen LogP contribution < -0.4 is 28.6 Å². The molecule has 2 aliphatic rings. The predicted molar refractivity (Wildman–Crippen MR) is 214 cm³/mol. The Morgan fingerprint density at radius 3 is 2.17 bits per heavy atom. The summed E-state index contributed by atoms with van der Waals surface area (Å²) in [4.78, 5) is 37.0. The van der Waals surface area contributed by atoms with E-state index in [9.17, 15) is 9.59 Å². The van der Waals surface area contributed by atoms with Crippen molar-refractivity contribution in [3.8, 4) is 28.7 Å². The molecule has 0 aromatic heterocycles. The lowest BCUT2D eigenvalue weighted by Crippen LogP contribution is -2.42. The number of benzene rings is 3. The third-order valence-corrected chi connectivity index (χ3v) is 10.4. The highest BCUT2D eigenvalue weighted by atomic mass is 16.5. The second-order valence-corrected chi connectivity index (χ2v) is 13.5. The molecule has 0 fully saturated rings. The summed E-state index contributed by atoms with van der Waals surface area (Å²) in [6, 6.07) is 14.7. The van der Waals surface area contributed by atoms with Crippen LogP contribution >= 0.6 is 0 Å². The SMILES string of the molecule is C=CN(C)C(=O)c1cc(OC)c(OCCCCCOc2cc3c(cc2OC)C(=O)N2C=C(c4ccc(OC)cc4)C[C@H]2C=N3)cc1N(C)C(C)(C=C)CC. The molecule has 0 spiro atoms. The number of nitrogens with zero attached hydrogens (tertiary/aromatic N) is 4. The molecule has 2 amide bonds. The van der Waals surface area contributed by atoms with Gasteiger partial charge in [-0.2, -0.15) is 0 Å². The summed E-state index contributed by atoms with van der Waals surface area (Å²) in [7, 11) is 8.39. The summed E-state index contributed by atoms with van der Waals surface area (Å²) in [5.74, 6) is 2.47. The normalized spacial score (nSPS) is 15.5. The van der Waals surface area contributed by atoms with Gasteiger partial charge in [0.2, 0.25) is 0 Å². The van der Waals surface area contributed by atoms with Crippen LogP contribution in [0.4, 0.5) is 11.4 Å². The van der Waals surface area contributed by atoms with Gasteiger partial charge in [-0.15, -0.1) is 6.58 Å². The molecule has 1 unspecified atom stereocenters. The van der Waals surface area contributed by atoms with E-state index in [1.165, 1.54) is 11.1 Å². The van der Waals surface area contributed by atoms with E-state index in [0.717, 1.165) is 42.6 Å². The Morgan fingerprint density at radius 2 is 1.57 bits per heavy atom. The van der Waals surface area contributed by atoms with Gasteiger partial charge in [0, 0.05) is 45.1 Å². The van der Waals surface area contributed by atoms with Gasteiger partial charge in [0.1, 0.15) is 5.75 Å². The summed E-state index contributed by atoms with van der Waals surface area (Å²) in [6.07, 6.45) is 10.9. The van der Waals surface area contributed by atoms with Crippen molar-refractivity contribution in [2.45, 2.75) is 57.5 Å². The highest BCUT2D eigenvalue weighted by Gasteiger charge is 2.34. The molecular weight excluding hydrogens is 684 g/mol. The molecule has 54 heavy (non-hydrogen) atoms. The van der Waals surface area contributed by atoms with E-state index < -0.39 is 5.54 Å². The molecule has 3 aromatic carbocycles. The quantitative estimate of drug-likeness (QED) is 0.0950. The third kappa shape index (κ3) is 8.25. The first kappa shape index (κ1) is 39.5. The number of hydrogen-bond donors (Lipinski definition) is 0. The number of methoxy groups -OCH3 is 3. The summed E-state index contributed by atoms with van der Waals surface area (Å²) < 4.78 is 29.0. The maximum Gasteiger partial charge on any atom is 0.260 e. The van der Waals surface area contributed by atoms with Gasteiger partial charge < -0.3 is 38.4 Å². The van der Waals surface area contributed by atoms with Crippen LogP contribution in [0.25, 0.3) is 5.57 Å². The van der Waals surface area contributed by atoms with E-state index in [-0.39, 0.29) is 17.9 Å². The number of ether oxygens (including phenoxy) is 5. The monoisotopic (exact) mass is 736 g/mol. The van der Waals surface area contributed by atoms with Crippen molar-refractivity contribution in [1.82, 2.24) is 9.80 Å². The summed E-state index contributed by atoms with van der Waals surface area (Å²) in [6.45, 7) is 12.8. The lowest BCUT2D eigenvalue weighted by molar-refractivity contribution is 0.0815. The topological polar surface area (TPSA) is 102 Å². The van der Waals surface area contributed by atoms with Crippen molar-refractivity contribution in [1.29, 1.82) is 0 Å². The molecule has 0 aliphatic carbocycles. The highest BCUT2D eigenvalue weighted by molar-refractivity contribution is 6.05. The van der Waals surface area contributed by atoms with E-state index in [1.807, 2.05) is 60.8 Å². The minimum atomic E-state index is -0.397. The van der Waals surface area contributed by atoms with Crippen LogP contribution in [0.2, 0.25) is 0 Å². The van der Waals surface area contributed by atoms with Crippen molar-refractivity contribution in [3.63, 3.8) is 0 Å². The fourth-order valence-corrected chi connectivity index (χ4v) is 6.46. The third-order valence-electron chi connectivity index (χ3n) is 10.4. The van der Waals surface area contributed by atoms with Crippen LogP contribution in [0.15, 0.2) is 85.2 Å². The van der Waals surface area contributed by atoms with Crippen molar-refractivity contribution >= 4 is 35.0 Å². The molecule has 11 nitrogen and oxygen atoms in total. The molecule has 11 heteroatoms. The zero-order chi connectivity index (χ0) is 39.0. The Morgan fingerprint density at radius 1 is 0.926 bits per heavy atom. The molecule has 286 valence electrons. The second kappa shape index (κ2) is 17.4. The van der Waals surface area contributed by atoms with Crippen molar-refractivity contribution in [2.24, 2.45) is 4.99 Å². The van der Waals surface area contributed by atoms with Gasteiger partial charge in [0.15, 0.2) is 23.0 Å². The van der Waals surface area contributed by atoms with E-state index in [1.54, 1.807) is 51.5 Å². The number of unbranched alkanes of at least 4 members (excludes halogenated alkanes) is 2. The number of likely N-dealkylation sites (N-methyl/N-ethyl adjacent to an activating group) is 1. The van der Waals surface area contributed by atoms with Gasteiger partial charge in [-0.1, -0.05) is 31.7 Å². The average molecular weight is 737 g/mol. The molecule has 2 heterocycles. The molecular formula is C43H52N4O7. The van der Waals surface area contributed by atoms with Gasteiger partial charge in [0.05, 0.1) is 68.6 Å². The van der Waals surface area contributed by atoms with Crippen LogP contribution in [0.3, 0.4) is 0 Å². The second-order valence-electron chi connectivity index (χ2n) is 13.5. The molecule has 5 rings (SSSR count). The van der Waals surface area contributed by atoms with Crippen molar-refractivity contribution in [2.75, 3.05) is 53.5 Å². The Hall–Kier alpha value is -5.71. The van der Waals surface area contributed by atoms with Crippen molar-refractivity contribution < 1.29 is 33.3 Å².